The second kappa shape index (κ2) is 5.55. The van der Waals surface area contributed by atoms with Gasteiger partial charge in [-0.25, -0.2) is 0 Å². The lowest BCUT2D eigenvalue weighted by molar-refractivity contribution is -0.307. The molecule has 5 heteroatoms. The molecule has 1 atom stereocenters. The summed E-state index contributed by atoms with van der Waals surface area (Å²) in [5.41, 5.74) is 0.678. The largest absolute Gasteiger partial charge is 0.547 e. The van der Waals surface area contributed by atoms with E-state index in [1.54, 1.807) is 37.4 Å². The number of carboxylic acid groups (broad SMARTS) is 1. The first-order valence-electron chi connectivity index (χ1n) is 5.35. The molecule has 2 rings (SSSR count). The predicted molar refractivity (Wildman–Crippen MR) is 68.7 cm³/mol. The van der Waals surface area contributed by atoms with Gasteiger partial charge in [0, 0.05) is 16.6 Å². The van der Waals surface area contributed by atoms with Crippen molar-refractivity contribution in [2.75, 3.05) is 12.4 Å². The van der Waals surface area contributed by atoms with Crippen LogP contribution in [-0.4, -0.2) is 13.1 Å². The van der Waals surface area contributed by atoms with Gasteiger partial charge >= 0.3 is 0 Å². The maximum Gasteiger partial charge on any atom is 0.120 e. The van der Waals surface area contributed by atoms with Crippen LogP contribution in [0.15, 0.2) is 41.8 Å². The van der Waals surface area contributed by atoms with Crippen molar-refractivity contribution in [2.45, 2.75) is 6.04 Å². The highest BCUT2D eigenvalue weighted by molar-refractivity contribution is 7.10. The summed E-state index contributed by atoms with van der Waals surface area (Å²) < 4.78 is 5.09. The number of carboxylic acids is 1. The summed E-state index contributed by atoms with van der Waals surface area (Å²) >= 11 is 1.37. The third-order valence-electron chi connectivity index (χ3n) is 2.44. The third kappa shape index (κ3) is 2.81. The number of ether oxygens (including phenoxy) is 1. The number of aliphatic carboxylic acids is 1. The molecule has 4 nitrogen and oxygen atoms in total. The highest BCUT2D eigenvalue weighted by Crippen LogP contribution is 2.25. The maximum absolute atomic E-state index is 11.2. The molecule has 1 aromatic heterocycles. The number of anilines is 1. The van der Waals surface area contributed by atoms with E-state index >= 15 is 0 Å². The molecule has 0 fully saturated rings. The molecule has 1 N–H and O–H groups in total. The van der Waals surface area contributed by atoms with E-state index in [2.05, 4.69) is 5.32 Å². The van der Waals surface area contributed by atoms with Crippen molar-refractivity contribution in [1.29, 1.82) is 0 Å². The van der Waals surface area contributed by atoms with E-state index in [1.165, 1.54) is 11.3 Å². The Morgan fingerprint density at radius 1 is 1.39 bits per heavy atom. The quantitative estimate of drug-likeness (QED) is 0.890. The summed E-state index contributed by atoms with van der Waals surface area (Å²) in [6.07, 6.45) is 0. The highest BCUT2D eigenvalue weighted by atomic mass is 32.1. The van der Waals surface area contributed by atoms with Gasteiger partial charge in [0.25, 0.3) is 0 Å². The number of thiophene rings is 1. The number of benzene rings is 1. The summed E-state index contributed by atoms with van der Waals surface area (Å²) in [6.45, 7) is 0. The molecule has 0 saturated carbocycles. The topological polar surface area (TPSA) is 61.4 Å². The first kappa shape index (κ1) is 12.4. The zero-order chi connectivity index (χ0) is 13.0. The van der Waals surface area contributed by atoms with E-state index in [9.17, 15) is 9.90 Å². The standard InChI is InChI=1S/C13H13NO3S/c1-17-10-5-2-4-9(8-10)14-12(13(15)16)11-6-3-7-18-11/h2-8,12,14H,1H3,(H,15,16)/p-1/t12-/m1/s1. The minimum atomic E-state index is -1.15. The number of hydrogen-bond donors (Lipinski definition) is 1. The van der Waals surface area contributed by atoms with Gasteiger partial charge in [0.05, 0.1) is 13.1 Å². The molecule has 0 bridgehead atoms. The van der Waals surface area contributed by atoms with Crippen molar-refractivity contribution in [1.82, 2.24) is 0 Å². The van der Waals surface area contributed by atoms with Gasteiger partial charge in [-0.05, 0) is 23.6 Å². The van der Waals surface area contributed by atoms with Crippen LogP contribution in [0.3, 0.4) is 0 Å². The monoisotopic (exact) mass is 262 g/mol. The zero-order valence-electron chi connectivity index (χ0n) is 9.75. The van der Waals surface area contributed by atoms with Gasteiger partial charge in [-0.15, -0.1) is 11.3 Å². The minimum Gasteiger partial charge on any atom is -0.547 e. The molecule has 0 aliphatic heterocycles. The Morgan fingerprint density at radius 2 is 2.22 bits per heavy atom. The van der Waals surface area contributed by atoms with Crippen LogP contribution >= 0.6 is 11.3 Å². The minimum absolute atomic E-state index is 0.670. The van der Waals surface area contributed by atoms with Crippen molar-refractivity contribution in [3.63, 3.8) is 0 Å². The van der Waals surface area contributed by atoms with Crippen LogP contribution in [0.5, 0.6) is 5.75 Å². The molecule has 2 aromatic rings. The van der Waals surface area contributed by atoms with Crippen LogP contribution in [0, 0.1) is 0 Å². The van der Waals surface area contributed by atoms with Crippen molar-refractivity contribution >= 4 is 23.0 Å². The SMILES string of the molecule is COc1cccc(N[C@@H](C(=O)[O-])c2cccs2)c1. The summed E-state index contributed by atoms with van der Waals surface area (Å²) in [7, 11) is 1.56. The number of methoxy groups -OCH3 is 1. The average Bonchev–Trinajstić information content (AvgIpc) is 2.89. The van der Waals surface area contributed by atoms with Crippen LogP contribution in [0.4, 0.5) is 5.69 Å². The van der Waals surface area contributed by atoms with Crippen molar-refractivity contribution in [2.24, 2.45) is 0 Å². The maximum atomic E-state index is 11.2. The highest BCUT2D eigenvalue weighted by Gasteiger charge is 2.13. The van der Waals surface area contributed by atoms with E-state index < -0.39 is 12.0 Å². The third-order valence-corrected chi connectivity index (χ3v) is 3.38. The van der Waals surface area contributed by atoms with Gasteiger partial charge in [-0.3, -0.25) is 0 Å². The first-order chi connectivity index (χ1) is 8.70. The summed E-state index contributed by atoms with van der Waals surface area (Å²) in [5.74, 6) is -0.483. The number of hydrogen-bond acceptors (Lipinski definition) is 5. The molecule has 0 unspecified atom stereocenters. The molecule has 0 amide bonds. The van der Waals surface area contributed by atoms with Crippen LogP contribution in [0.25, 0.3) is 0 Å². The summed E-state index contributed by atoms with van der Waals surface area (Å²) in [4.78, 5) is 11.9. The molecule has 0 saturated heterocycles. The Hall–Kier alpha value is -2.01. The Kier molecular flexibility index (Phi) is 3.84. The van der Waals surface area contributed by atoms with Crippen LogP contribution in [0.2, 0.25) is 0 Å². The van der Waals surface area contributed by atoms with Crippen LogP contribution in [0.1, 0.15) is 10.9 Å². The molecule has 1 heterocycles. The Morgan fingerprint density at radius 3 is 2.83 bits per heavy atom. The molecular formula is C13H12NO3S-. The Labute approximate surface area is 109 Å². The van der Waals surface area contributed by atoms with Crippen LogP contribution < -0.4 is 15.2 Å². The van der Waals surface area contributed by atoms with E-state index in [4.69, 9.17) is 4.74 Å². The lowest BCUT2D eigenvalue weighted by Crippen LogP contribution is -2.33. The number of carbonyl (C=O) groups is 1. The smallest absolute Gasteiger partial charge is 0.120 e. The fourth-order valence-corrected chi connectivity index (χ4v) is 2.34. The van der Waals surface area contributed by atoms with E-state index in [1.807, 2.05) is 11.4 Å². The summed E-state index contributed by atoms with van der Waals surface area (Å²) in [6, 6.07) is 9.83. The van der Waals surface area contributed by atoms with E-state index in [0.717, 1.165) is 0 Å². The molecule has 1 aromatic carbocycles. The first-order valence-corrected chi connectivity index (χ1v) is 6.23. The fraction of sp³-hybridized carbons (Fsp3) is 0.154. The van der Waals surface area contributed by atoms with Gasteiger partial charge in [-0.1, -0.05) is 12.1 Å². The number of rotatable bonds is 5. The van der Waals surface area contributed by atoms with Gasteiger partial charge in [0.15, 0.2) is 0 Å². The number of carbonyl (C=O) groups excluding carboxylic acids is 1. The molecule has 0 aliphatic rings. The lowest BCUT2D eigenvalue weighted by Gasteiger charge is -2.19. The Bertz CT molecular complexity index is 525. The fourth-order valence-electron chi connectivity index (χ4n) is 1.58. The normalized spacial score (nSPS) is 11.8. The second-order valence-electron chi connectivity index (χ2n) is 3.64. The molecular weight excluding hydrogens is 250 g/mol. The van der Waals surface area contributed by atoms with Crippen molar-refractivity contribution < 1.29 is 14.6 Å². The van der Waals surface area contributed by atoms with Gasteiger partial charge in [-0.2, -0.15) is 0 Å². The molecule has 94 valence electrons. The molecule has 0 aliphatic carbocycles. The van der Waals surface area contributed by atoms with Crippen LogP contribution in [-0.2, 0) is 4.79 Å². The van der Waals surface area contributed by atoms with E-state index in [-0.39, 0.29) is 0 Å². The van der Waals surface area contributed by atoms with Gasteiger partial charge in [0.1, 0.15) is 11.8 Å². The lowest BCUT2D eigenvalue weighted by atomic mass is 10.2. The zero-order valence-corrected chi connectivity index (χ0v) is 10.6. The van der Waals surface area contributed by atoms with Crippen molar-refractivity contribution in [3.8, 4) is 5.75 Å². The van der Waals surface area contributed by atoms with Gasteiger partial charge in [0.2, 0.25) is 0 Å². The predicted octanol–water partition coefficient (Wildman–Crippen LogP) is 1.66. The van der Waals surface area contributed by atoms with Gasteiger partial charge < -0.3 is 20.0 Å². The second-order valence-corrected chi connectivity index (χ2v) is 4.62. The molecule has 0 radical (unpaired) electrons. The van der Waals surface area contributed by atoms with Crippen molar-refractivity contribution in [3.05, 3.63) is 46.7 Å². The Balaban J connectivity index is 2.21. The number of nitrogens with one attached hydrogen (secondary N) is 1. The molecule has 0 spiro atoms. The van der Waals surface area contributed by atoms with E-state index in [0.29, 0.717) is 16.3 Å². The average molecular weight is 262 g/mol. The summed E-state index contributed by atoms with van der Waals surface area (Å²) in [5, 5.41) is 15.9. The molecule has 18 heavy (non-hydrogen) atoms.